The Morgan fingerprint density at radius 3 is 1.68 bits per heavy atom. The average Bonchev–Trinajstić information content (AvgIpc) is 4.37. The molecular formula is C67H80N10O11. The highest BCUT2D eigenvalue weighted by Crippen LogP contribution is 2.42. The van der Waals surface area contributed by atoms with Gasteiger partial charge in [0, 0.05) is 119 Å². The molecule has 10 rings (SSSR count). The summed E-state index contributed by atoms with van der Waals surface area (Å²) in [7, 11) is 5.20. The molecule has 0 spiro atoms. The highest BCUT2D eigenvalue weighted by atomic mass is 16.5. The van der Waals surface area contributed by atoms with E-state index in [1.807, 2.05) is 58.4 Å². The van der Waals surface area contributed by atoms with Crippen LogP contribution in [0.5, 0.6) is 23.0 Å². The van der Waals surface area contributed by atoms with Crippen molar-refractivity contribution in [3.05, 3.63) is 107 Å². The van der Waals surface area contributed by atoms with E-state index >= 15 is 0 Å². The van der Waals surface area contributed by atoms with Crippen molar-refractivity contribution in [1.82, 2.24) is 30.2 Å². The van der Waals surface area contributed by atoms with Gasteiger partial charge in [0.2, 0.25) is 29.5 Å². The highest BCUT2D eigenvalue weighted by molar-refractivity contribution is 6.07. The molecule has 4 aromatic carbocycles. The molecule has 0 radical (unpaired) electrons. The molecule has 0 bridgehead atoms. The number of carbonyl (C=O) groups is 7. The summed E-state index contributed by atoms with van der Waals surface area (Å²) in [6.07, 6.45) is 11.1. The van der Waals surface area contributed by atoms with E-state index in [1.165, 1.54) is 24.8 Å². The highest BCUT2D eigenvalue weighted by Gasteiger charge is 2.40. The molecule has 4 aromatic rings. The quantitative estimate of drug-likeness (QED) is 0.0442. The van der Waals surface area contributed by atoms with E-state index in [2.05, 4.69) is 57.1 Å². The molecule has 21 heteroatoms. The van der Waals surface area contributed by atoms with Crippen LogP contribution in [-0.4, -0.2) is 165 Å². The molecule has 6 heterocycles. The van der Waals surface area contributed by atoms with Gasteiger partial charge in [-0.1, -0.05) is 58.4 Å². The van der Waals surface area contributed by atoms with Crippen LogP contribution >= 0.6 is 0 Å². The van der Waals surface area contributed by atoms with Crippen LogP contribution in [0.3, 0.4) is 0 Å². The van der Waals surface area contributed by atoms with Crippen LogP contribution in [0.15, 0.2) is 95.2 Å². The van der Waals surface area contributed by atoms with E-state index in [0.717, 1.165) is 48.5 Å². The van der Waals surface area contributed by atoms with Gasteiger partial charge in [0.1, 0.15) is 12.1 Å². The molecule has 6 aliphatic heterocycles. The van der Waals surface area contributed by atoms with Crippen LogP contribution < -0.4 is 39.8 Å². The Labute approximate surface area is 514 Å². The zero-order valence-electron chi connectivity index (χ0n) is 51.5. The number of carbonyl (C=O) groups excluding carboxylic acids is 7. The summed E-state index contributed by atoms with van der Waals surface area (Å²) in [5.74, 6) is -0.688. The number of hydrogen-bond donors (Lipinski definition) is 3. The maximum atomic E-state index is 14.2. The first-order chi connectivity index (χ1) is 42.4. The lowest BCUT2D eigenvalue weighted by Gasteiger charge is -2.34. The Bertz CT molecular complexity index is 3440. The predicted molar refractivity (Wildman–Crippen MR) is 337 cm³/mol. The maximum Gasteiger partial charge on any atom is 0.260 e. The number of benzene rings is 4. The van der Waals surface area contributed by atoms with Crippen LogP contribution in [0.4, 0.5) is 22.7 Å². The molecule has 7 amide bonds. The van der Waals surface area contributed by atoms with Crippen molar-refractivity contribution in [3.8, 4) is 23.0 Å². The first-order valence-corrected chi connectivity index (χ1v) is 30.6. The molecule has 5 atom stereocenters. The molecule has 0 saturated carbocycles. The number of imide groups is 1. The average molecular weight is 1200 g/mol. The number of likely N-dealkylation sites (tertiary alicyclic amines) is 1. The molecule has 2 saturated heterocycles. The number of nitrogens with zero attached hydrogens (tertiary/aromatic N) is 7. The first kappa shape index (κ1) is 62.2. The molecule has 6 aliphatic rings. The van der Waals surface area contributed by atoms with Crippen LogP contribution in [0.2, 0.25) is 0 Å². The molecule has 1 unspecified atom stereocenters. The lowest BCUT2D eigenvalue weighted by atomic mass is 9.94. The van der Waals surface area contributed by atoms with Gasteiger partial charge in [-0.2, -0.15) is 0 Å². The molecular weight excluding hydrogens is 1120 g/mol. The lowest BCUT2D eigenvalue weighted by Crippen LogP contribution is -2.53. The van der Waals surface area contributed by atoms with E-state index in [4.69, 9.17) is 28.9 Å². The summed E-state index contributed by atoms with van der Waals surface area (Å²) in [6.45, 7) is 14.0. The number of ether oxygens (including phenoxy) is 4. The van der Waals surface area contributed by atoms with Crippen molar-refractivity contribution in [2.24, 2.45) is 27.7 Å². The van der Waals surface area contributed by atoms with Crippen LogP contribution in [-0.2, 0) is 24.0 Å². The van der Waals surface area contributed by atoms with Crippen molar-refractivity contribution in [3.63, 3.8) is 0 Å². The van der Waals surface area contributed by atoms with Crippen LogP contribution in [0, 0.1) is 17.8 Å². The number of amides is 7. The van der Waals surface area contributed by atoms with Gasteiger partial charge < -0.3 is 54.5 Å². The van der Waals surface area contributed by atoms with Gasteiger partial charge in [-0.15, -0.1) is 0 Å². The second kappa shape index (κ2) is 27.5. The second-order valence-corrected chi connectivity index (χ2v) is 24.1. The summed E-state index contributed by atoms with van der Waals surface area (Å²) < 4.78 is 23.8. The van der Waals surface area contributed by atoms with Gasteiger partial charge in [-0.25, -0.2) is 0 Å². The van der Waals surface area contributed by atoms with Gasteiger partial charge >= 0.3 is 0 Å². The Morgan fingerprint density at radius 2 is 1.17 bits per heavy atom. The smallest absolute Gasteiger partial charge is 0.260 e. The molecule has 2 fully saturated rings. The Balaban J connectivity index is 0.674. The number of methoxy groups -OCH3 is 2. The van der Waals surface area contributed by atoms with Crippen molar-refractivity contribution in [2.45, 2.75) is 110 Å². The zero-order chi connectivity index (χ0) is 62.3. The van der Waals surface area contributed by atoms with E-state index in [9.17, 15) is 33.6 Å². The van der Waals surface area contributed by atoms with Gasteiger partial charge in [-0.05, 0) is 97.3 Å². The molecule has 464 valence electrons. The summed E-state index contributed by atoms with van der Waals surface area (Å²) >= 11 is 0. The van der Waals surface area contributed by atoms with Crippen molar-refractivity contribution in [1.29, 1.82) is 0 Å². The zero-order valence-corrected chi connectivity index (χ0v) is 51.5. The third-order valence-electron chi connectivity index (χ3n) is 17.2. The van der Waals surface area contributed by atoms with Gasteiger partial charge in [0.05, 0.1) is 62.0 Å². The van der Waals surface area contributed by atoms with Crippen molar-refractivity contribution in [2.75, 3.05) is 77.4 Å². The van der Waals surface area contributed by atoms with E-state index < -0.39 is 23.9 Å². The number of rotatable bonds is 24. The summed E-state index contributed by atoms with van der Waals surface area (Å²) in [4.78, 5) is 112. The summed E-state index contributed by atoms with van der Waals surface area (Å²) in [6, 6.07) is 20.2. The lowest BCUT2D eigenvalue weighted by molar-refractivity contribution is -0.140. The molecule has 3 N–H and O–H groups in total. The van der Waals surface area contributed by atoms with E-state index in [1.54, 1.807) is 59.3 Å². The van der Waals surface area contributed by atoms with Crippen LogP contribution in [0.1, 0.15) is 118 Å². The van der Waals surface area contributed by atoms with Crippen molar-refractivity contribution < 1.29 is 52.5 Å². The predicted octanol–water partition coefficient (Wildman–Crippen LogP) is 8.42. The number of hydrogen-bond acceptors (Lipinski definition) is 15. The number of anilines is 2. The number of unbranched alkanes of at least 4 members (excludes halogenated alkanes) is 2. The van der Waals surface area contributed by atoms with Crippen LogP contribution in [0.25, 0.3) is 11.1 Å². The molecule has 0 aromatic heterocycles. The Morgan fingerprint density at radius 1 is 0.625 bits per heavy atom. The normalized spacial score (nSPS) is 19.5. The second-order valence-electron chi connectivity index (χ2n) is 24.1. The third-order valence-corrected chi connectivity index (χ3v) is 17.2. The summed E-state index contributed by atoms with van der Waals surface area (Å²) in [5.41, 5.74) is 7.34. The maximum absolute atomic E-state index is 14.2. The fraction of sp³-hybridized carbons (Fsp3) is 0.448. The number of fused-ring (bicyclic) bond motifs is 4. The standard InChI is InChI=1S/C67H80N10O11/c1-40(2)51-33-61(79)75(65(51)82)22-11-9-10-13-60(78)72-62(41(3)4)64(81)70-42(5)63(80)71-47-18-14-43(15-19-47)45-29-49-36-68-54-34-58(56(85-7)31-52(54)66(83)76(49)38-45)87-27-12-28-88-59-35-55-53(32-57(59)86-8)67(84)77-39-46(30-50(77)37-69-55)44-16-20-48(21-17-44)74-25-23-73(6)24-26-74/h14-21,31-32,34-42,49-51,62H,9-13,22-30,33H2,1-8H3,(H,70,81)(H,71,80)(H,72,78)/t42-,49-,50-,51?,62-/m0/s1. The Hall–Kier alpha value is -8.85. The minimum atomic E-state index is -0.925. The molecule has 88 heavy (non-hydrogen) atoms. The SMILES string of the molecule is COc1cc2c(cc1OCCCOc1cc3c(cc1OC)C(=O)N1C=C(c4ccc(N5CCN(C)CC5)cc4)C[C@H]1C=N3)N=C[C@@H]1CC(c3ccc(NC(=O)[C@H](C)NC(=O)[C@@H](NC(=O)CCCCCN4C(=O)CC(C(C)C)C4=O)C(C)C)cc3)=CN1C2=O. The van der Waals surface area contributed by atoms with Gasteiger partial charge in [0.25, 0.3) is 11.8 Å². The summed E-state index contributed by atoms with van der Waals surface area (Å²) in [5, 5.41) is 8.41. The number of likely N-dealkylation sites (N-methyl/N-ethyl adjacent to an activating group) is 1. The van der Waals surface area contributed by atoms with Gasteiger partial charge in [-0.3, -0.25) is 48.4 Å². The largest absolute Gasteiger partial charge is 0.493 e. The molecule has 0 aliphatic carbocycles. The monoisotopic (exact) mass is 1200 g/mol. The topological polar surface area (TPSA) is 233 Å². The number of piperazine rings is 1. The van der Waals surface area contributed by atoms with Crippen molar-refractivity contribution >= 4 is 87.7 Å². The fourth-order valence-electron chi connectivity index (χ4n) is 11.9. The Kier molecular flexibility index (Phi) is 19.4. The van der Waals surface area contributed by atoms with E-state index in [0.29, 0.717) is 96.3 Å². The number of aliphatic imine (C=N–C) groups is 2. The minimum absolute atomic E-state index is 0.101. The third kappa shape index (κ3) is 13.9. The van der Waals surface area contributed by atoms with Gasteiger partial charge in [0.15, 0.2) is 23.0 Å². The number of nitrogens with one attached hydrogen (secondary N) is 3. The van der Waals surface area contributed by atoms with E-state index in [-0.39, 0.29) is 85.4 Å². The fourth-order valence-corrected chi connectivity index (χ4v) is 11.9. The minimum Gasteiger partial charge on any atom is -0.493 e. The molecule has 21 nitrogen and oxygen atoms in total. The first-order valence-electron chi connectivity index (χ1n) is 30.6.